The van der Waals surface area contributed by atoms with Crippen LogP contribution in [0.25, 0.3) is 0 Å². The molecule has 0 heterocycles. The highest BCUT2D eigenvalue weighted by atomic mass is 35.5. The lowest BCUT2D eigenvalue weighted by atomic mass is 10.0. The largest absolute Gasteiger partial charge is 0.486 e. The fourth-order valence-corrected chi connectivity index (χ4v) is 1.48. The van der Waals surface area contributed by atoms with E-state index in [0.717, 1.165) is 22.8 Å². The molecule has 3 heteroatoms. The van der Waals surface area contributed by atoms with E-state index >= 15 is 0 Å². The molecule has 0 aliphatic rings. The summed E-state index contributed by atoms with van der Waals surface area (Å²) >= 11 is 5.88. The summed E-state index contributed by atoms with van der Waals surface area (Å²) in [5, 5.41) is 0.728. The fraction of sp³-hybridized carbons (Fsp3) is 0.500. The summed E-state index contributed by atoms with van der Waals surface area (Å²) in [7, 11) is 0. The lowest BCUT2D eigenvalue weighted by molar-refractivity contribution is 0.0926. The predicted molar refractivity (Wildman–Crippen MR) is 64.6 cm³/mol. The van der Waals surface area contributed by atoms with Crippen molar-refractivity contribution in [3.05, 3.63) is 28.8 Å². The van der Waals surface area contributed by atoms with Crippen molar-refractivity contribution in [1.29, 1.82) is 0 Å². The standard InChI is InChI=1S/C12H18ClNO/c1-4-12(3,8-14)15-11-6-5-10(13)7-9(11)2/h5-7H,4,8,14H2,1-3H3. The van der Waals surface area contributed by atoms with Crippen LogP contribution in [0.15, 0.2) is 18.2 Å². The third-order valence-electron chi connectivity index (χ3n) is 2.67. The first-order valence-electron chi connectivity index (χ1n) is 5.16. The van der Waals surface area contributed by atoms with E-state index in [4.69, 9.17) is 22.1 Å². The van der Waals surface area contributed by atoms with Gasteiger partial charge in [0.15, 0.2) is 0 Å². The molecule has 0 radical (unpaired) electrons. The van der Waals surface area contributed by atoms with Gasteiger partial charge in [-0.25, -0.2) is 0 Å². The molecular weight excluding hydrogens is 210 g/mol. The van der Waals surface area contributed by atoms with Crippen LogP contribution in [0.1, 0.15) is 25.8 Å². The van der Waals surface area contributed by atoms with Gasteiger partial charge in [0.05, 0.1) is 0 Å². The molecule has 84 valence electrons. The van der Waals surface area contributed by atoms with Gasteiger partial charge in [-0.05, 0) is 44.0 Å². The van der Waals surface area contributed by atoms with Gasteiger partial charge < -0.3 is 10.5 Å². The number of benzene rings is 1. The topological polar surface area (TPSA) is 35.2 Å². The van der Waals surface area contributed by atoms with E-state index in [9.17, 15) is 0 Å². The highest BCUT2D eigenvalue weighted by Gasteiger charge is 2.22. The number of aryl methyl sites for hydroxylation is 1. The Hall–Kier alpha value is -0.730. The Balaban J connectivity index is 2.89. The zero-order chi connectivity index (χ0) is 11.5. The third-order valence-corrected chi connectivity index (χ3v) is 2.91. The Kier molecular flexibility index (Phi) is 4.00. The average molecular weight is 228 g/mol. The summed E-state index contributed by atoms with van der Waals surface area (Å²) in [6, 6.07) is 5.61. The molecule has 0 saturated heterocycles. The summed E-state index contributed by atoms with van der Waals surface area (Å²) in [5.41, 5.74) is 6.44. The smallest absolute Gasteiger partial charge is 0.123 e. The SMILES string of the molecule is CCC(C)(CN)Oc1ccc(Cl)cc1C. The molecule has 2 nitrogen and oxygen atoms in total. The molecule has 1 rings (SSSR count). The van der Waals surface area contributed by atoms with Crippen LogP contribution in [-0.2, 0) is 0 Å². The maximum absolute atomic E-state index is 5.90. The lowest BCUT2D eigenvalue weighted by Gasteiger charge is -2.28. The first kappa shape index (κ1) is 12.3. The molecule has 0 aliphatic heterocycles. The van der Waals surface area contributed by atoms with Crippen molar-refractivity contribution < 1.29 is 4.74 Å². The number of halogens is 1. The van der Waals surface area contributed by atoms with Gasteiger partial charge in [0.1, 0.15) is 11.4 Å². The Bertz CT molecular complexity index is 334. The van der Waals surface area contributed by atoms with E-state index < -0.39 is 0 Å². The Morgan fingerprint density at radius 3 is 2.60 bits per heavy atom. The zero-order valence-corrected chi connectivity index (χ0v) is 10.3. The minimum Gasteiger partial charge on any atom is -0.486 e. The first-order valence-corrected chi connectivity index (χ1v) is 5.54. The maximum atomic E-state index is 5.90. The third kappa shape index (κ3) is 3.11. The van der Waals surface area contributed by atoms with Crippen LogP contribution in [0, 0.1) is 6.92 Å². The van der Waals surface area contributed by atoms with Crippen LogP contribution in [0.5, 0.6) is 5.75 Å². The average Bonchev–Trinajstić information content (AvgIpc) is 2.22. The van der Waals surface area contributed by atoms with Crippen molar-refractivity contribution in [2.75, 3.05) is 6.54 Å². The van der Waals surface area contributed by atoms with Crippen molar-refractivity contribution in [1.82, 2.24) is 0 Å². The van der Waals surface area contributed by atoms with Crippen LogP contribution in [0.3, 0.4) is 0 Å². The molecule has 0 bridgehead atoms. The molecule has 1 unspecified atom stereocenters. The molecule has 0 spiro atoms. The molecule has 1 aromatic carbocycles. The monoisotopic (exact) mass is 227 g/mol. The predicted octanol–water partition coefficient (Wildman–Crippen LogP) is 3.15. The van der Waals surface area contributed by atoms with E-state index in [1.807, 2.05) is 32.0 Å². The molecule has 0 aliphatic carbocycles. The van der Waals surface area contributed by atoms with Gasteiger partial charge in [-0.1, -0.05) is 18.5 Å². The molecule has 2 N–H and O–H groups in total. The van der Waals surface area contributed by atoms with Crippen LogP contribution in [0.2, 0.25) is 5.02 Å². The van der Waals surface area contributed by atoms with E-state index in [-0.39, 0.29) is 5.60 Å². The highest BCUT2D eigenvalue weighted by Crippen LogP contribution is 2.26. The second kappa shape index (κ2) is 4.86. The Morgan fingerprint density at radius 2 is 2.13 bits per heavy atom. The number of hydrogen-bond donors (Lipinski definition) is 1. The summed E-state index contributed by atoms with van der Waals surface area (Å²) in [4.78, 5) is 0. The maximum Gasteiger partial charge on any atom is 0.123 e. The molecule has 1 atom stereocenters. The Morgan fingerprint density at radius 1 is 1.47 bits per heavy atom. The van der Waals surface area contributed by atoms with Gasteiger partial charge in [-0.15, -0.1) is 0 Å². The van der Waals surface area contributed by atoms with Gasteiger partial charge in [0, 0.05) is 11.6 Å². The minimum atomic E-state index is -0.293. The normalized spacial score (nSPS) is 14.7. The van der Waals surface area contributed by atoms with Crippen LogP contribution in [-0.4, -0.2) is 12.1 Å². The number of rotatable bonds is 4. The highest BCUT2D eigenvalue weighted by molar-refractivity contribution is 6.30. The van der Waals surface area contributed by atoms with Gasteiger partial charge in [-0.2, -0.15) is 0 Å². The van der Waals surface area contributed by atoms with Crippen LogP contribution < -0.4 is 10.5 Å². The molecule has 0 fully saturated rings. The summed E-state index contributed by atoms with van der Waals surface area (Å²) in [6.07, 6.45) is 0.881. The van der Waals surface area contributed by atoms with Gasteiger partial charge in [0.25, 0.3) is 0 Å². The van der Waals surface area contributed by atoms with E-state index in [1.54, 1.807) is 0 Å². The van der Waals surface area contributed by atoms with E-state index in [2.05, 4.69) is 6.92 Å². The number of ether oxygens (including phenoxy) is 1. The van der Waals surface area contributed by atoms with Crippen LogP contribution >= 0.6 is 11.6 Å². The number of hydrogen-bond acceptors (Lipinski definition) is 2. The van der Waals surface area contributed by atoms with Crippen molar-refractivity contribution in [2.45, 2.75) is 32.8 Å². The molecular formula is C12H18ClNO. The van der Waals surface area contributed by atoms with Crippen LogP contribution in [0.4, 0.5) is 0 Å². The van der Waals surface area contributed by atoms with E-state index in [1.165, 1.54) is 0 Å². The van der Waals surface area contributed by atoms with Gasteiger partial charge >= 0.3 is 0 Å². The van der Waals surface area contributed by atoms with Crippen molar-refractivity contribution >= 4 is 11.6 Å². The fourth-order valence-electron chi connectivity index (χ4n) is 1.25. The van der Waals surface area contributed by atoms with Gasteiger partial charge in [-0.3, -0.25) is 0 Å². The molecule has 1 aromatic rings. The quantitative estimate of drug-likeness (QED) is 0.858. The molecule has 0 amide bonds. The molecule has 15 heavy (non-hydrogen) atoms. The molecule has 0 saturated carbocycles. The summed E-state index contributed by atoms with van der Waals surface area (Å²) in [6.45, 7) is 6.57. The minimum absolute atomic E-state index is 0.293. The number of nitrogens with two attached hydrogens (primary N) is 1. The first-order chi connectivity index (χ1) is 7.00. The second-order valence-corrected chi connectivity index (χ2v) is 4.46. The van der Waals surface area contributed by atoms with Crippen molar-refractivity contribution in [2.24, 2.45) is 5.73 Å². The summed E-state index contributed by atoms with van der Waals surface area (Å²) < 4.78 is 5.90. The van der Waals surface area contributed by atoms with Crippen molar-refractivity contribution in [3.8, 4) is 5.75 Å². The molecule has 0 aromatic heterocycles. The second-order valence-electron chi connectivity index (χ2n) is 4.02. The van der Waals surface area contributed by atoms with Crippen molar-refractivity contribution in [3.63, 3.8) is 0 Å². The lowest BCUT2D eigenvalue weighted by Crippen LogP contribution is -2.40. The summed E-state index contributed by atoms with van der Waals surface area (Å²) in [5.74, 6) is 0.856. The van der Waals surface area contributed by atoms with E-state index in [0.29, 0.717) is 6.54 Å². The zero-order valence-electron chi connectivity index (χ0n) is 9.51. The van der Waals surface area contributed by atoms with Gasteiger partial charge in [0.2, 0.25) is 0 Å². The Labute approximate surface area is 96.4 Å².